The molecule has 0 bridgehead atoms. The van der Waals surface area contributed by atoms with Crippen LogP contribution in [0.2, 0.25) is 0 Å². The van der Waals surface area contributed by atoms with E-state index in [2.05, 4.69) is 14.8 Å². The molecule has 19 heavy (non-hydrogen) atoms. The average molecular weight is 260 g/mol. The Bertz CT molecular complexity index is 573. The second-order valence-electron chi connectivity index (χ2n) is 5.09. The number of rotatable bonds is 2. The van der Waals surface area contributed by atoms with Crippen molar-refractivity contribution in [2.24, 2.45) is 0 Å². The number of aromatic nitrogens is 3. The Balaban J connectivity index is 1.96. The number of nitrogen functional groups attached to an aromatic ring is 1. The molecule has 5 heteroatoms. The van der Waals surface area contributed by atoms with E-state index in [4.69, 9.17) is 5.73 Å². The molecule has 0 radical (unpaired) electrons. The third-order valence-corrected chi connectivity index (χ3v) is 3.80. The Morgan fingerprint density at radius 1 is 1.21 bits per heavy atom. The van der Waals surface area contributed by atoms with Crippen LogP contribution in [0.15, 0.2) is 24.5 Å². The van der Waals surface area contributed by atoms with Crippen molar-refractivity contribution in [2.45, 2.75) is 38.1 Å². The molecule has 1 aliphatic carbocycles. The van der Waals surface area contributed by atoms with E-state index in [1.54, 1.807) is 18.5 Å². The molecule has 1 aliphatic rings. The largest absolute Gasteiger partial charge is 0.396 e. The Kier molecular flexibility index (Phi) is 3.19. The molecule has 3 rings (SSSR count). The molecule has 0 spiro atoms. The van der Waals surface area contributed by atoms with E-state index in [1.807, 2.05) is 0 Å². The monoisotopic (exact) mass is 260 g/mol. The second kappa shape index (κ2) is 4.99. The fraction of sp³-hybridized carbons (Fsp3) is 0.429. The van der Waals surface area contributed by atoms with Gasteiger partial charge in [-0.15, -0.1) is 10.2 Å². The first-order chi connectivity index (χ1) is 9.25. The summed E-state index contributed by atoms with van der Waals surface area (Å²) in [6.07, 6.45) is 7.80. The number of anilines is 1. The molecule has 1 heterocycles. The van der Waals surface area contributed by atoms with Gasteiger partial charge in [0.05, 0.1) is 5.69 Å². The fourth-order valence-corrected chi connectivity index (χ4v) is 2.74. The zero-order chi connectivity index (χ0) is 13.2. The number of benzene rings is 1. The van der Waals surface area contributed by atoms with Crippen LogP contribution < -0.4 is 5.73 Å². The topological polar surface area (TPSA) is 56.7 Å². The predicted molar refractivity (Wildman–Crippen MR) is 72.0 cm³/mol. The first-order valence-corrected chi connectivity index (χ1v) is 6.70. The maximum atomic E-state index is 13.6. The predicted octanol–water partition coefficient (Wildman–Crippen LogP) is 3.17. The molecule has 1 aromatic carbocycles. The molecule has 1 fully saturated rings. The summed E-state index contributed by atoms with van der Waals surface area (Å²) in [6, 6.07) is 5.23. The normalized spacial score (nSPS) is 16.7. The minimum atomic E-state index is -0.407. The molecular weight excluding hydrogens is 243 g/mol. The minimum Gasteiger partial charge on any atom is -0.396 e. The highest BCUT2D eigenvalue weighted by molar-refractivity contribution is 5.59. The minimum absolute atomic E-state index is 0.160. The van der Waals surface area contributed by atoms with Crippen LogP contribution in [0.3, 0.4) is 0 Å². The van der Waals surface area contributed by atoms with E-state index in [0.29, 0.717) is 6.04 Å². The van der Waals surface area contributed by atoms with Gasteiger partial charge in [0.25, 0.3) is 0 Å². The van der Waals surface area contributed by atoms with E-state index in [-0.39, 0.29) is 5.69 Å². The number of nitrogens with zero attached hydrogens (tertiary/aromatic N) is 3. The van der Waals surface area contributed by atoms with E-state index < -0.39 is 5.82 Å². The Morgan fingerprint density at radius 3 is 2.74 bits per heavy atom. The van der Waals surface area contributed by atoms with Crippen LogP contribution in [0.4, 0.5) is 10.1 Å². The van der Waals surface area contributed by atoms with Crippen LogP contribution in [0.5, 0.6) is 0 Å². The Labute approximate surface area is 111 Å². The van der Waals surface area contributed by atoms with E-state index in [1.165, 1.54) is 25.3 Å². The van der Waals surface area contributed by atoms with Crippen molar-refractivity contribution in [1.29, 1.82) is 0 Å². The lowest BCUT2D eigenvalue weighted by atomic mass is 9.95. The van der Waals surface area contributed by atoms with Crippen molar-refractivity contribution in [2.75, 3.05) is 5.73 Å². The van der Waals surface area contributed by atoms with Gasteiger partial charge in [0, 0.05) is 11.6 Å². The second-order valence-corrected chi connectivity index (χ2v) is 5.09. The van der Waals surface area contributed by atoms with Crippen LogP contribution in [-0.4, -0.2) is 14.8 Å². The van der Waals surface area contributed by atoms with Crippen molar-refractivity contribution in [3.63, 3.8) is 0 Å². The van der Waals surface area contributed by atoms with Crippen molar-refractivity contribution in [1.82, 2.24) is 14.8 Å². The lowest BCUT2D eigenvalue weighted by Crippen LogP contribution is -2.13. The SMILES string of the molecule is Nc1ccc(-c2nncn2C2CCCCC2)cc1F. The molecule has 0 aliphatic heterocycles. The Hall–Kier alpha value is -1.91. The van der Waals surface area contributed by atoms with Crippen LogP contribution in [-0.2, 0) is 0 Å². The molecular formula is C14H17FN4. The summed E-state index contributed by atoms with van der Waals surface area (Å²) in [5.41, 5.74) is 6.40. The first kappa shape index (κ1) is 12.1. The standard InChI is InChI=1S/C14H17FN4/c15-12-8-10(6-7-13(12)16)14-18-17-9-19(14)11-4-2-1-3-5-11/h6-9,11H,1-5,16H2. The van der Waals surface area contributed by atoms with Crippen molar-refractivity contribution >= 4 is 5.69 Å². The average Bonchev–Trinajstić information content (AvgIpc) is 2.92. The lowest BCUT2D eigenvalue weighted by molar-refractivity contribution is 0.355. The molecule has 0 amide bonds. The van der Waals surface area contributed by atoms with Gasteiger partial charge in [0.1, 0.15) is 12.1 Å². The highest BCUT2D eigenvalue weighted by atomic mass is 19.1. The number of hydrogen-bond acceptors (Lipinski definition) is 3. The van der Waals surface area contributed by atoms with Gasteiger partial charge in [0.15, 0.2) is 5.82 Å². The molecule has 0 saturated heterocycles. The van der Waals surface area contributed by atoms with Crippen LogP contribution in [0.1, 0.15) is 38.1 Å². The van der Waals surface area contributed by atoms with E-state index in [0.717, 1.165) is 24.2 Å². The number of hydrogen-bond donors (Lipinski definition) is 1. The quantitative estimate of drug-likeness (QED) is 0.844. The van der Waals surface area contributed by atoms with Gasteiger partial charge in [0.2, 0.25) is 0 Å². The number of nitrogens with two attached hydrogens (primary N) is 1. The first-order valence-electron chi connectivity index (χ1n) is 6.70. The van der Waals surface area contributed by atoms with Crippen molar-refractivity contribution < 1.29 is 4.39 Å². The molecule has 4 nitrogen and oxygen atoms in total. The maximum absolute atomic E-state index is 13.6. The summed E-state index contributed by atoms with van der Waals surface area (Å²) >= 11 is 0. The van der Waals surface area contributed by atoms with Gasteiger partial charge in [-0.25, -0.2) is 4.39 Å². The van der Waals surface area contributed by atoms with Crippen LogP contribution >= 0.6 is 0 Å². The summed E-state index contributed by atoms with van der Waals surface area (Å²) in [7, 11) is 0. The summed E-state index contributed by atoms with van der Waals surface area (Å²) in [4.78, 5) is 0. The summed E-state index contributed by atoms with van der Waals surface area (Å²) in [6.45, 7) is 0. The molecule has 0 unspecified atom stereocenters. The third-order valence-electron chi connectivity index (χ3n) is 3.80. The van der Waals surface area contributed by atoms with Crippen LogP contribution in [0, 0.1) is 5.82 Å². The van der Waals surface area contributed by atoms with Gasteiger partial charge in [-0.05, 0) is 31.0 Å². The third kappa shape index (κ3) is 2.32. The molecule has 1 saturated carbocycles. The van der Waals surface area contributed by atoms with Gasteiger partial charge in [-0.3, -0.25) is 0 Å². The van der Waals surface area contributed by atoms with E-state index in [9.17, 15) is 4.39 Å². The Morgan fingerprint density at radius 2 is 2.00 bits per heavy atom. The zero-order valence-corrected chi connectivity index (χ0v) is 10.7. The van der Waals surface area contributed by atoms with Crippen molar-refractivity contribution in [3.8, 4) is 11.4 Å². The maximum Gasteiger partial charge on any atom is 0.164 e. The summed E-state index contributed by atoms with van der Waals surface area (Å²) in [5.74, 6) is 0.321. The van der Waals surface area contributed by atoms with E-state index >= 15 is 0 Å². The molecule has 0 atom stereocenters. The summed E-state index contributed by atoms with van der Waals surface area (Å²) < 4.78 is 15.6. The van der Waals surface area contributed by atoms with Gasteiger partial charge < -0.3 is 10.3 Å². The molecule has 1 aromatic heterocycles. The van der Waals surface area contributed by atoms with Gasteiger partial charge >= 0.3 is 0 Å². The molecule has 2 aromatic rings. The fourth-order valence-electron chi connectivity index (χ4n) is 2.74. The number of halogens is 1. The van der Waals surface area contributed by atoms with Gasteiger partial charge in [-0.2, -0.15) is 0 Å². The highest BCUT2D eigenvalue weighted by Gasteiger charge is 2.19. The lowest BCUT2D eigenvalue weighted by Gasteiger charge is -2.24. The zero-order valence-electron chi connectivity index (χ0n) is 10.7. The van der Waals surface area contributed by atoms with Crippen LogP contribution in [0.25, 0.3) is 11.4 Å². The van der Waals surface area contributed by atoms with Gasteiger partial charge in [-0.1, -0.05) is 19.3 Å². The molecule has 100 valence electrons. The van der Waals surface area contributed by atoms with Crippen molar-refractivity contribution in [3.05, 3.63) is 30.3 Å². The summed E-state index contributed by atoms with van der Waals surface area (Å²) in [5, 5.41) is 8.12. The smallest absolute Gasteiger partial charge is 0.164 e. The molecule has 2 N–H and O–H groups in total. The highest BCUT2D eigenvalue weighted by Crippen LogP contribution is 2.31.